The maximum Gasteiger partial charge on any atom is 0.272 e. The maximum atomic E-state index is 12.7. The lowest BCUT2D eigenvalue weighted by Gasteiger charge is -2.30. The molecule has 5 heteroatoms. The molecule has 0 spiro atoms. The monoisotopic (exact) mass is 320 g/mol. The molecule has 1 aliphatic rings. The van der Waals surface area contributed by atoms with Crippen molar-refractivity contribution in [1.82, 2.24) is 15.1 Å². The topological polar surface area (TPSA) is 72.9 Å². The Bertz CT molecular complexity index is 566. The number of hydrogen-bond donors (Lipinski definition) is 2. The van der Waals surface area contributed by atoms with Gasteiger partial charge < -0.3 is 11.1 Å². The van der Waals surface area contributed by atoms with E-state index in [2.05, 4.69) is 45.0 Å². The van der Waals surface area contributed by atoms with Crippen LogP contribution in [0.25, 0.3) is 0 Å². The lowest BCUT2D eigenvalue weighted by molar-refractivity contribution is 0.0891. The zero-order chi connectivity index (χ0) is 17.4. The number of amides is 1. The predicted octanol–water partition coefficient (Wildman–Crippen LogP) is 3.01. The number of nitrogens with two attached hydrogens (primary N) is 1. The fourth-order valence-electron chi connectivity index (χ4n) is 3.14. The van der Waals surface area contributed by atoms with Crippen molar-refractivity contribution in [2.75, 3.05) is 6.54 Å². The standard InChI is InChI=1S/C18H32N4O/c1-12(2)10-18(6,11-19)20-16(23)14-9-15(13-7-8-13)22(21-14)17(3,4)5/h9,12-13H,7-8,10-11,19H2,1-6H3,(H,20,23). The van der Waals surface area contributed by atoms with Crippen LogP contribution >= 0.6 is 0 Å². The van der Waals surface area contributed by atoms with Crippen LogP contribution in [-0.4, -0.2) is 27.8 Å². The van der Waals surface area contributed by atoms with Crippen LogP contribution in [0.5, 0.6) is 0 Å². The number of carbonyl (C=O) groups is 1. The van der Waals surface area contributed by atoms with Gasteiger partial charge in [-0.2, -0.15) is 5.10 Å². The molecule has 130 valence electrons. The average molecular weight is 320 g/mol. The van der Waals surface area contributed by atoms with Gasteiger partial charge in [-0.1, -0.05) is 13.8 Å². The Labute approximate surface area is 140 Å². The van der Waals surface area contributed by atoms with Gasteiger partial charge in [-0.3, -0.25) is 9.48 Å². The largest absolute Gasteiger partial charge is 0.344 e. The van der Waals surface area contributed by atoms with E-state index in [0.29, 0.717) is 24.1 Å². The molecule has 0 aromatic carbocycles. The molecule has 5 nitrogen and oxygen atoms in total. The first-order valence-electron chi connectivity index (χ1n) is 8.69. The summed E-state index contributed by atoms with van der Waals surface area (Å²) in [5.74, 6) is 0.904. The maximum absolute atomic E-state index is 12.7. The molecule has 23 heavy (non-hydrogen) atoms. The van der Waals surface area contributed by atoms with Crippen molar-refractivity contribution in [3.8, 4) is 0 Å². The number of rotatable bonds is 6. The number of aromatic nitrogens is 2. The van der Waals surface area contributed by atoms with E-state index in [1.165, 1.54) is 18.5 Å². The Morgan fingerprint density at radius 3 is 2.43 bits per heavy atom. The van der Waals surface area contributed by atoms with Crippen LogP contribution in [0.15, 0.2) is 6.07 Å². The molecule has 0 aliphatic heterocycles. The summed E-state index contributed by atoms with van der Waals surface area (Å²) in [6, 6.07) is 1.96. The first-order valence-corrected chi connectivity index (χ1v) is 8.69. The quantitative estimate of drug-likeness (QED) is 0.846. The van der Waals surface area contributed by atoms with Gasteiger partial charge in [0.2, 0.25) is 0 Å². The molecule has 1 atom stereocenters. The fraction of sp³-hybridized carbons (Fsp3) is 0.778. The van der Waals surface area contributed by atoms with E-state index in [0.717, 1.165) is 6.42 Å². The van der Waals surface area contributed by atoms with Gasteiger partial charge in [0.15, 0.2) is 0 Å². The summed E-state index contributed by atoms with van der Waals surface area (Å²) >= 11 is 0. The molecular weight excluding hydrogens is 288 g/mol. The molecule has 1 aromatic rings. The van der Waals surface area contributed by atoms with Gasteiger partial charge in [0.05, 0.1) is 11.1 Å². The molecular formula is C18H32N4O. The van der Waals surface area contributed by atoms with E-state index in [4.69, 9.17) is 5.73 Å². The van der Waals surface area contributed by atoms with Crippen LogP contribution < -0.4 is 11.1 Å². The van der Waals surface area contributed by atoms with Crippen molar-refractivity contribution in [3.63, 3.8) is 0 Å². The van der Waals surface area contributed by atoms with Crippen LogP contribution in [-0.2, 0) is 5.54 Å². The minimum atomic E-state index is -0.392. The predicted molar refractivity (Wildman–Crippen MR) is 93.6 cm³/mol. The minimum Gasteiger partial charge on any atom is -0.344 e. The van der Waals surface area contributed by atoms with Crippen molar-refractivity contribution in [2.24, 2.45) is 11.7 Å². The molecule has 1 amide bonds. The second-order valence-corrected chi connectivity index (χ2v) is 8.63. The van der Waals surface area contributed by atoms with Crippen molar-refractivity contribution in [1.29, 1.82) is 0 Å². The molecule has 0 radical (unpaired) electrons. The molecule has 1 unspecified atom stereocenters. The lowest BCUT2D eigenvalue weighted by atomic mass is 9.90. The number of hydrogen-bond acceptors (Lipinski definition) is 3. The number of carbonyl (C=O) groups excluding carboxylic acids is 1. The summed E-state index contributed by atoms with van der Waals surface area (Å²) < 4.78 is 2.02. The highest BCUT2D eigenvalue weighted by atomic mass is 16.2. The zero-order valence-corrected chi connectivity index (χ0v) is 15.4. The summed E-state index contributed by atoms with van der Waals surface area (Å²) in [6.07, 6.45) is 3.23. The van der Waals surface area contributed by atoms with E-state index >= 15 is 0 Å². The first kappa shape index (κ1) is 18.0. The summed E-state index contributed by atoms with van der Waals surface area (Å²) in [4.78, 5) is 12.7. The highest BCUT2D eigenvalue weighted by molar-refractivity contribution is 5.93. The average Bonchev–Trinajstić information content (AvgIpc) is 3.14. The summed E-state index contributed by atoms with van der Waals surface area (Å²) in [5, 5.41) is 7.71. The molecule has 1 saturated carbocycles. The Morgan fingerprint density at radius 1 is 1.39 bits per heavy atom. The van der Waals surface area contributed by atoms with E-state index < -0.39 is 5.54 Å². The highest BCUT2D eigenvalue weighted by Gasteiger charge is 2.34. The molecule has 3 N–H and O–H groups in total. The Hall–Kier alpha value is -1.36. The van der Waals surface area contributed by atoms with Gasteiger partial charge in [-0.05, 0) is 58.9 Å². The highest BCUT2D eigenvalue weighted by Crippen LogP contribution is 2.41. The van der Waals surface area contributed by atoms with Crippen LogP contribution in [0.4, 0.5) is 0 Å². The van der Waals surface area contributed by atoms with Crippen LogP contribution in [0, 0.1) is 5.92 Å². The summed E-state index contributed by atoms with van der Waals surface area (Å²) in [6.45, 7) is 13.1. The normalized spacial score (nSPS) is 18.1. The van der Waals surface area contributed by atoms with Crippen LogP contribution in [0.1, 0.15) is 82.9 Å². The molecule has 1 fully saturated rings. The Morgan fingerprint density at radius 2 is 2.00 bits per heavy atom. The number of nitrogens with one attached hydrogen (secondary N) is 1. The molecule has 0 bridgehead atoms. The second-order valence-electron chi connectivity index (χ2n) is 8.63. The third-order valence-corrected chi connectivity index (χ3v) is 4.33. The Kier molecular flexibility index (Phi) is 4.90. The minimum absolute atomic E-state index is 0.119. The summed E-state index contributed by atoms with van der Waals surface area (Å²) in [5.41, 5.74) is 7.08. The van der Waals surface area contributed by atoms with Gasteiger partial charge in [-0.15, -0.1) is 0 Å². The molecule has 1 aromatic heterocycles. The van der Waals surface area contributed by atoms with E-state index in [1.807, 2.05) is 17.7 Å². The third kappa shape index (κ3) is 4.34. The van der Waals surface area contributed by atoms with Gasteiger partial charge >= 0.3 is 0 Å². The van der Waals surface area contributed by atoms with E-state index in [9.17, 15) is 4.79 Å². The molecule has 1 heterocycles. The first-order chi connectivity index (χ1) is 10.6. The van der Waals surface area contributed by atoms with E-state index in [-0.39, 0.29) is 11.4 Å². The smallest absolute Gasteiger partial charge is 0.272 e. The van der Waals surface area contributed by atoms with Gasteiger partial charge in [0.25, 0.3) is 5.91 Å². The van der Waals surface area contributed by atoms with Crippen LogP contribution in [0.3, 0.4) is 0 Å². The van der Waals surface area contributed by atoms with Gasteiger partial charge in [0, 0.05) is 18.2 Å². The molecule has 2 rings (SSSR count). The number of nitrogens with zero attached hydrogens (tertiary/aromatic N) is 2. The zero-order valence-electron chi connectivity index (χ0n) is 15.4. The van der Waals surface area contributed by atoms with Crippen molar-refractivity contribution >= 4 is 5.91 Å². The Balaban J connectivity index is 2.22. The molecule has 0 saturated heterocycles. The molecule has 1 aliphatic carbocycles. The van der Waals surface area contributed by atoms with Gasteiger partial charge in [0.1, 0.15) is 5.69 Å². The van der Waals surface area contributed by atoms with Crippen molar-refractivity contribution < 1.29 is 4.79 Å². The second kappa shape index (κ2) is 6.27. The van der Waals surface area contributed by atoms with Crippen molar-refractivity contribution in [3.05, 3.63) is 17.5 Å². The SMILES string of the molecule is CC(C)CC(C)(CN)NC(=O)c1cc(C2CC2)n(C(C)(C)C)n1. The summed E-state index contributed by atoms with van der Waals surface area (Å²) in [7, 11) is 0. The third-order valence-electron chi connectivity index (χ3n) is 4.33. The van der Waals surface area contributed by atoms with Crippen molar-refractivity contribution in [2.45, 2.75) is 77.8 Å². The fourth-order valence-corrected chi connectivity index (χ4v) is 3.14. The van der Waals surface area contributed by atoms with E-state index in [1.54, 1.807) is 0 Å². The lowest BCUT2D eigenvalue weighted by Crippen LogP contribution is -2.52. The van der Waals surface area contributed by atoms with Gasteiger partial charge in [-0.25, -0.2) is 0 Å². The van der Waals surface area contributed by atoms with Crippen LogP contribution in [0.2, 0.25) is 0 Å².